The monoisotopic (exact) mass is 272 g/mol. The van der Waals surface area contributed by atoms with Crippen LogP contribution in [0.3, 0.4) is 0 Å². The number of nitro groups is 2. The molecule has 0 saturated heterocycles. The van der Waals surface area contributed by atoms with E-state index in [0.717, 1.165) is 0 Å². The van der Waals surface area contributed by atoms with E-state index in [9.17, 15) is 33.8 Å². The van der Waals surface area contributed by atoms with Gasteiger partial charge in [-0.1, -0.05) is 0 Å². The van der Waals surface area contributed by atoms with Crippen LogP contribution in [0, 0.1) is 31.9 Å². The molecule has 1 aromatic carbocycles. The lowest BCUT2D eigenvalue weighted by Gasteiger charge is -1.99. The molecule has 0 atom stereocenters. The van der Waals surface area contributed by atoms with Crippen LogP contribution in [0.4, 0.5) is 20.3 Å². The average Bonchev–Trinajstić information content (AvgIpc) is 2.29. The molecule has 0 amide bonds. The van der Waals surface area contributed by atoms with Gasteiger partial charge in [-0.25, -0.2) is 4.39 Å². The van der Waals surface area contributed by atoms with Gasteiger partial charge < -0.3 is 15.1 Å². The van der Waals surface area contributed by atoms with E-state index >= 15 is 0 Å². The largest absolute Gasteiger partial charge is 0.430 e. The molecule has 0 unspecified atom stereocenters. The van der Waals surface area contributed by atoms with Crippen LogP contribution in [0.1, 0.15) is 0 Å². The predicted octanol–water partition coefficient (Wildman–Crippen LogP) is 1.02. The van der Waals surface area contributed by atoms with E-state index in [1.165, 1.54) is 0 Å². The SMILES string of the molecule is O=c1[nH]c2cc(F)c(F)c([N+](=O)[O-])c2nc1[N+](=O)[O-]. The van der Waals surface area contributed by atoms with Gasteiger partial charge in [0, 0.05) is 6.07 Å². The van der Waals surface area contributed by atoms with Gasteiger partial charge in [0.05, 0.1) is 4.92 Å². The molecule has 1 N–H and O–H groups in total. The molecule has 1 aromatic heterocycles. The van der Waals surface area contributed by atoms with E-state index < -0.39 is 49.6 Å². The molecule has 0 radical (unpaired) electrons. The topological polar surface area (TPSA) is 132 Å². The Morgan fingerprint density at radius 2 is 1.84 bits per heavy atom. The molecule has 0 aliphatic rings. The number of hydrogen-bond acceptors (Lipinski definition) is 6. The minimum atomic E-state index is -1.81. The molecule has 0 aliphatic heterocycles. The summed E-state index contributed by atoms with van der Waals surface area (Å²) in [6, 6.07) is 0.454. The second kappa shape index (κ2) is 4.04. The Morgan fingerprint density at radius 3 is 2.37 bits per heavy atom. The van der Waals surface area contributed by atoms with Gasteiger partial charge in [-0.3, -0.25) is 14.9 Å². The van der Waals surface area contributed by atoms with Crippen molar-refractivity contribution in [3.05, 3.63) is 48.3 Å². The summed E-state index contributed by atoms with van der Waals surface area (Å²) in [4.78, 5) is 34.8. The normalized spacial score (nSPS) is 10.6. The number of nitrogens with one attached hydrogen (secondary N) is 1. The van der Waals surface area contributed by atoms with Crippen LogP contribution < -0.4 is 5.56 Å². The number of benzene rings is 1. The minimum Gasteiger partial charge on any atom is -0.358 e. The number of rotatable bonds is 2. The molecule has 11 heteroatoms. The molecule has 0 aliphatic carbocycles. The molecule has 0 bridgehead atoms. The van der Waals surface area contributed by atoms with Gasteiger partial charge in [0.15, 0.2) is 5.82 Å². The predicted molar refractivity (Wildman–Crippen MR) is 55.6 cm³/mol. The maximum atomic E-state index is 13.3. The van der Waals surface area contributed by atoms with Crippen molar-refractivity contribution < 1.29 is 18.6 Å². The minimum absolute atomic E-state index is 0.454. The third-order valence-corrected chi connectivity index (χ3v) is 2.19. The van der Waals surface area contributed by atoms with E-state index in [1.54, 1.807) is 0 Å². The van der Waals surface area contributed by atoms with Crippen molar-refractivity contribution in [2.75, 3.05) is 0 Å². The van der Waals surface area contributed by atoms with Crippen molar-refractivity contribution in [3.63, 3.8) is 0 Å². The lowest BCUT2D eigenvalue weighted by Crippen LogP contribution is -2.15. The highest BCUT2D eigenvalue weighted by molar-refractivity contribution is 5.84. The van der Waals surface area contributed by atoms with E-state index in [0.29, 0.717) is 6.07 Å². The molecule has 2 aromatic rings. The van der Waals surface area contributed by atoms with E-state index in [4.69, 9.17) is 0 Å². The number of hydrogen-bond donors (Lipinski definition) is 1. The van der Waals surface area contributed by atoms with Crippen molar-refractivity contribution in [1.82, 2.24) is 9.97 Å². The number of nitro benzene ring substituents is 1. The number of fused-ring (bicyclic) bond motifs is 1. The Kier molecular flexibility index (Phi) is 2.66. The van der Waals surface area contributed by atoms with Gasteiger partial charge in [0.25, 0.3) is 5.52 Å². The van der Waals surface area contributed by atoms with Crippen molar-refractivity contribution in [2.45, 2.75) is 0 Å². The lowest BCUT2D eigenvalue weighted by molar-refractivity contribution is -0.392. The van der Waals surface area contributed by atoms with Crippen LogP contribution >= 0.6 is 0 Å². The maximum absolute atomic E-state index is 13.3. The Bertz CT molecular complexity index is 787. The second-order valence-corrected chi connectivity index (χ2v) is 3.32. The van der Waals surface area contributed by atoms with Crippen LogP contribution in [0.15, 0.2) is 10.9 Å². The van der Waals surface area contributed by atoms with Crippen LogP contribution in [-0.4, -0.2) is 19.8 Å². The molecular formula is C8H2F2N4O5. The zero-order chi connectivity index (χ0) is 14.3. The third-order valence-electron chi connectivity index (χ3n) is 2.19. The molecule has 0 saturated carbocycles. The summed E-state index contributed by atoms with van der Waals surface area (Å²) in [6.45, 7) is 0. The Labute approximate surface area is 100 Å². The Morgan fingerprint density at radius 1 is 1.21 bits per heavy atom. The Balaban J connectivity index is 3.02. The Hall–Kier alpha value is -2.98. The van der Waals surface area contributed by atoms with E-state index in [-0.39, 0.29) is 0 Å². The summed E-state index contributed by atoms with van der Waals surface area (Å²) < 4.78 is 26.4. The number of halogens is 2. The van der Waals surface area contributed by atoms with Crippen molar-refractivity contribution in [2.24, 2.45) is 0 Å². The smallest absolute Gasteiger partial charge is 0.358 e. The summed E-state index contributed by atoms with van der Waals surface area (Å²) in [5, 5.41) is 21.1. The maximum Gasteiger partial charge on any atom is 0.430 e. The first-order valence-electron chi connectivity index (χ1n) is 4.53. The van der Waals surface area contributed by atoms with Crippen LogP contribution in [0.5, 0.6) is 0 Å². The molecule has 19 heavy (non-hydrogen) atoms. The fourth-order valence-corrected chi connectivity index (χ4v) is 1.44. The molecule has 2 rings (SSSR count). The first-order valence-corrected chi connectivity index (χ1v) is 4.53. The molecular weight excluding hydrogens is 270 g/mol. The fourth-order valence-electron chi connectivity index (χ4n) is 1.44. The molecule has 0 fully saturated rings. The van der Waals surface area contributed by atoms with Crippen molar-refractivity contribution in [1.29, 1.82) is 0 Å². The summed E-state index contributed by atoms with van der Waals surface area (Å²) in [6.07, 6.45) is 0. The van der Waals surface area contributed by atoms with Gasteiger partial charge in [0.1, 0.15) is 5.52 Å². The van der Waals surface area contributed by atoms with E-state index in [1.807, 2.05) is 4.98 Å². The van der Waals surface area contributed by atoms with Gasteiger partial charge in [0.2, 0.25) is 5.82 Å². The summed E-state index contributed by atoms with van der Waals surface area (Å²) in [5.41, 5.74) is -3.98. The summed E-state index contributed by atoms with van der Waals surface area (Å²) in [5.74, 6) is -4.64. The number of aromatic amines is 1. The van der Waals surface area contributed by atoms with E-state index in [2.05, 4.69) is 4.98 Å². The highest BCUT2D eigenvalue weighted by Gasteiger charge is 2.30. The fraction of sp³-hybridized carbons (Fsp3) is 0. The first-order chi connectivity index (χ1) is 8.82. The quantitative estimate of drug-likeness (QED) is 0.640. The number of nitrogens with zero attached hydrogens (tertiary/aromatic N) is 3. The number of aromatic nitrogens is 2. The summed E-state index contributed by atoms with van der Waals surface area (Å²) in [7, 11) is 0. The third kappa shape index (κ3) is 1.86. The van der Waals surface area contributed by atoms with Gasteiger partial charge in [-0.15, -0.1) is 0 Å². The van der Waals surface area contributed by atoms with Crippen molar-refractivity contribution in [3.8, 4) is 0 Å². The van der Waals surface area contributed by atoms with Crippen molar-refractivity contribution >= 4 is 22.5 Å². The zero-order valence-electron chi connectivity index (χ0n) is 8.72. The zero-order valence-corrected chi connectivity index (χ0v) is 8.72. The second-order valence-electron chi connectivity index (χ2n) is 3.32. The highest BCUT2D eigenvalue weighted by Crippen LogP contribution is 2.28. The van der Waals surface area contributed by atoms with Gasteiger partial charge in [-0.05, 0) is 9.91 Å². The first kappa shape index (κ1) is 12.5. The highest BCUT2D eigenvalue weighted by atomic mass is 19.2. The van der Waals surface area contributed by atoms with Crippen LogP contribution in [0.25, 0.3) is 11.0 Å². The molecule has 1 heterocycles. The molecule has 9 nitrogen and oxygen atoms in total. The lowest BCUT2D eigenvalue weighted by atomic mass is 10.2. The van der Waals surface area contributed by atoms with Gasteiger partial charge >= 0.3 is 17.1 Å². The number of H-pyrrole nitrogens is 1. The molecule has 0 spiro atoms. The molecule has 98 valence electrons. The van der Waals surface area contributed by atoms with Crippen LogP contribution in [-0.2, 0) is 0 Å². The van der Waals surface area contributed by atoms with Gasteiger partial charge in [-0.2, -0.15) is 4.39 Å². The van der Waals surface area contributed by atoms with Crippen LogP contribution in [0.2, 0.25) is 0 Å². The average molecular weight is 272 g/mol. The summed E-state index contributed by atoms with van der Waals surface area (Å²) >= 11 is 0. The standard InChI is InChI=1S/C8H2F2N4O5/c9-2-1-3-5(6(4(2)10)13(16)17)12-7(14(18)19)8(15)11-3/h1H,(H,11,15).